The maximum Gasteiger partial charge on any atom is 0.303 e. The van der Waals surface area contributed by atoms with E-state index >= 15 is 0 Å². The fourth-order valence-electron chi connectivity index (χ4n) is 2.30. The van der Waals surface area contributed by atoms with Gasteiger partial charge < -0.3 is 9.51 Å². The number of benzene rings is 1. The van der Waals surface area contributed by atoms with E-state index in [9.17, 15) is 4.79 Å². The molecule has 0 fully saturated rings. The van der Waals surface area contributed by atoms with Crippen molar-refractivity contribution in [2.45, 2.75) is 12.8 Å². The molecule has 0 aliphatic heterocycles. The predicted octanol–water partition coefficient (Wildman–Crippen LogP) is 3.02. The molecule has 1 N–H and O–H groups in total. The average Bonchev–Trinajstić information content (AvgIpc) is 2.85. The van der Waals surface area contributed by atoms with Gasteiger partial charge in [-0.15, -0.1) is 0 Å². The van der Waals surface area contributed by atoms with Crippen LogP contribution >= 0.6 is 0 Å². The molecule has 2 aromatic heterocycles. The smallest absolute Gasteiger partial charge is 0.303 e. The number of imidazole rings is 1. The highest BCUT2D eigenvalue weighted by molar-refractivity contribution is 5.77. The summed E-state index contributed by atoms with van der Waals surface area (Å²) in [6.45, 7) is 0. The molecule has 0 saturated carbocycles. The number of rotatable bonds is 4. The number of aryl methyl sites for hydroxylation is 1. The lowest BCUT2D eigenvalue weighted by molar-refractivity contribution is -0.137. The molecule has 1 aromatic carbocycles. The Morgan fingerprint density at radius 2 is 1.85 bits per heavy atom. The molecule has 0 amide bonds. The maximum atomic E-state index is 10.7. The number of carboxylic acid groups (broad SMARTS) is 1. The van der Waals surface area contributed by atoms with Crippen LogP contribution in [-0.2, 0) is 11.2 Å². The van der Waals surface area contributed by atoms with Crippen LogP contribution in [0.1, 0.15) is 12.2 Å². The van der Waals surface area contributed by atoms with Crippen LogP contribution in [0.15, 0.2) is 54.7 Å². The number of hydrogen-bond acceptors (Lipinski definition) is 2. The SMILES string of the molecule is O=C(O)CCc1nc(-c2ccccc2)c2ccccn12. The summed E-state index contributed by atoms with van der Waals surface area (Å²) in [4.78, 5) is 15.4. The lowest BCUT2D eigenvalue weighted by atomic mass is 10.1. The Bertz CT molecular complexity index is 748. The van der Waals surface area contributed by atoms with Crippen LogP contribution in [0.2, 0.25) is 0 Å². The van der Waals surface area contributed by atoms with Gasteiger partial charge in [-0.3, -0.25) is 4.79 Å². The number of aromatic nitrogens is 2. The zero-order chi connectivity index (χ0) is 13.9. The van der Waals surface area contributed by atoms with Gasteiger partial charge in [-0.25, -0.2) is 4.98 Å². The van der Waals surface area contributed by atoms with E-state index in [-0.39, 0.29) is 6.42 Å². The topological polar surface area (TPSA) is 54.6 Å². The Hall–Kier alpha value is -2.62. The van der Waals surface area contributed by atoms with E-state index in [1.165, 1.54) is 0 Å². The summed E-state index contributed by atoms with van der Waals surface area (Å²) in [6, 6.07) is 15.8. The van der Waals surface area contributed by atoms with Crippen molar-refractivity contribution in [3.05, 3.63) is 60.6 Å². The first-order chi connectivity index (χ1) is 9.75. The zero-order valence-electron chi connectivity index (χ0n) is 10.9. The molecule has 0 radical (unpaired) electrons. The highest BCUT2D eigenvalue weighted by atomic mass is 16.4. The molecule has 0 unspecified atom stereocenters. The number of fused-ring (bicyclic) bond motifs is 1. The number of carboxylic acids is 1. The van der Waals surface area contributed by atoms with E-state index in [0.717, 1.165) is 22.6 Å². The molecule has 3 aromatic rings. The Kier molecular flexibility index (Phi) is 3.21. The summed E-state index contributed by atoms with van der Waals surface area (Å²) in [5.41, 5.74) is 2.93. The summed E-state index contributed by atoms with van der Waals surface area (Å²) < 4.78 is 1.96. The summed E-state index contributed by atoms with van der Waals surface area (Å²) in [5.74, 6) is -0.0270. The normalized spacial score (nSPS) is 10.8. The van der Waals surface area contributed by atoms with Crippen LogP contribution < -0.4 is 0 Å². The summed E-state index contributed by atoms with van der Waals surface area (Å²) in [6.07, 6.45) is 2.43. The fourth-order valence-corrected chi connectivity index (χ4v) is 2.30. The van der Waals surface area contributed by atoms with Crippen LogP contribution in [0, 0.1) is 0 Å². The van der Waals surface area contributed by atoms with Crippen molar-refractivity contribution >= 4 is 11.5 Å². The van der Waals surface area contributed by atoms with Crippen LogP contribution in [0.5, 0.6) is 0 Å². The lowest BCUT2D eigenvalue weighted by Gasteiger charge is -1.98. The number of nitrogens with zero attached hydrogens (tertiary/aromatic N) is 2. The minimum atomic E-state index is -0.807. The molecule has 0 atom stereocenters. The van der Waals surface area contributed by atoms with Crippen molar-refractivity contribution in [1.82, 2.24) is 9.38 Å². The first-order valence-electron chi connectivity index (χ1n) is 6.49. The molecule has 3 rings (SSSR count). The summed E-state index contributed by atoms with van der Waals surface area (Å²) >= 11 is 0. The van der Waals surface area contributed by atoms with Crippen molar-refractivity contribution in [2.24, 2.45) is 0 Å². The summed E-state index contributed by atoms with van der Waals surface area (Å²) in [5, 5.41) is 8.83. The quantitative estimate of drug-likeness (QED) is 0.789. The van der Waals surface area contributed by atoms with Crippen molar-refractivity contribution in [2.75, 3.05) is 0 Å². The highest BCUT2D eigenvalue weighted by Gasteiger charge is 2.12. The third-order valence-corrected chi connectivity index (χ3v) is 3.23. The fraction of sp³-hybridized carbons (Fsp3) is 0.125. The Morgan fingerprint density at radius 3 is 2.60 bits per heavy atom. The van der Waals surface area contributed by atoms with Crippen LogP contribution in [-0.4, -0.2) is 20.5 Å². The molecule has 2 heterocycles. The standard InChI is InChI=1S/C16H14N2O2/c19-15(20)10-9-14-17-16(12-6-2-1-3-7-12)13-8-4-5-11-18(13)14/h1-8,11H,9-10H2,(H,19,20). The molecule has 0 saturated heterocycles. The second kappa shape index (κ2) is 5.17. The van der Waals surface area contributed by atoms with E-state index < -0.39 is 5.97 Å². The molecule has 0 bridgehead atoms. The molecular formula is C16H14N2O2. The van der Waals surface area contributed by atoms with Gasteiger partial charge in [-0.05, 0) is 12.1 Å². The monoisotopic (exact) mass is 266 g/mol. The number of carbonyl (C=O) groups is 1. The van der Waals surface area contributed by atoms with Gasteiger partial charge in [0.25, 0.3) is 0 Å². The largest absolute Gasteiger partial charge is 0.481 e. The van der Waals surface area contributed by atoms with Gasteiger partial charge in [0, 0.05) is 18.2 Å². The first kappa shape index (κ1) is 12.4. The van der Waals surface area contributed by atoms with Gasteiger partial charge in [0.2, 0.25) is 0 Å². The van der Waals surface area contributed by atoms with Crippen molar-refractivity contribution in [3.63, 3.8) is 0 Å². The minimum absolute atomic E-state index is 0.0856. The van der Waals surface area contributed by atoms with E-state index in [1.54, 1.807) is 0 Å². The third-order valence-electron chi connectivity index (χ3n) is 3.23. The highest BCUT2D eigenvalue weighted by Crippen LogP contribution is 2.25. The molecule has 20 heavy (non-hydrogen) atoms. The number of pyridine rings is 1. The molecular weight excluding hydrogens is 252 g/mol. The molecule has 4 heteroatoms. The third kappa shape index (κ3) is 2.28. The van der Waals surface area contributed by atoms with Crippen molar-refractivity contribution in [1.29, 1.82) is 0 Å². The lowest BCUT2D eigenvalue weighted by Crippen LogP contribution is -2.01. The van der Waals surface area contributed by atoms with Gasteiger partial charge in [0.1, 0.15) is 5.82 Å². The van der Waals surface area contributed by atoms with Crippen molar-refractivity contribution in [3.8, 4) is 11.3 Å². The number of hydrogen-bond donors (Lipinski definition) is 1. The van der Waals surface area contributed by atoms with Gasteiger partial charge in [-0.2, -0.15) is 0 Å². The van der Waals surface area contributed by atoms with E-state index in [0.29, 0.717) is 6.42 Å². The first-order valence-corrected chi connectivity index (χ1v) is 6.49. The maximum absolute atomic E-state index is 10.7. The minimum Gasteiger partial charge on any atom is -0.481 e. The molecule has 100 valence electrons. The van der Waals surface area contributed by atoms with Gasteiger partial charge in [0.05, 0.1) is 17.6 Å². The Labute approximate surface area is 116 Å². The van der Waals surface area contributed by atoms with Gasteiger partial charge >= 0.3 is 5.97 Å². The molecule has 4 nitrogen and oxygen atoms in total. The van der Waals surface area contributed by atoms with E-state index in [4.69, 9.17) is 5.11 Å². The van der Waals surface area contributed by atoms with E-state index in [1.807, 2.05) is 59.1 Å². The van der Waals surface area contributed by atoms with Crippen LogP contribution in [0.25, 0.3) is 16.8 Å². The number of aliphatic carboxylic acids is 1. The second-order valence-electron chi connectivity index (χ2n) is 4.59. The van der Waals surface area contributed by atoms with E-state index in [2.05, 4.69) is 4.98 Å². The zero-order valence-corrected chi connectivity index (χ0v) is 10.9. The molecule has 0 spiro atoms. The van der Waals surface area contributed by atoms with Crippen LogP contribution in [0.3, 0.4) is 0 Å². The Morgan fingerprint density at radius 1 is 1.10 bits per heavy atom. The molecule has 0 aliphatic carbocycles. The van der Waals surface area contributed by atoms with Crippen LogP contribution in [0.4, 0.5) is 0 Å². The predicted molar refractivity (Wildman–Crippen MR) is 76.6 cm³/mol. The average molecular weight is 266 g/mol. The van der Waals surface area contributed by atoms with Gasteiger partial charge in [-0.1, -0.05) is 36.4 Å². The van der Waals surface area contributed by atoms with Crippen molar-refractivity contribution < 1.29 is 9.90 Å². The summed E-state index contributed by atoms with van der Waals surface area (Å²) in [7, 11) is 0. The van der Waals surface area contributed by atoms with Gasteiger partial charge in [0.15, 0.2) is 0 Å². The second-order valence-corrected chi connectivity index (χ2v) is 4.59. The molecule has 0 aliphatic rings. The Balaban J connectivity index is 2.11.